The van der Waals surface area contributed by atoms with Crippen molar-refractivity contribution in [2.24, 2.45) is 0 Å². The van der Waals surface area contributed by atoms with Gasteiger partial charge < -0.3 is 4.42 Å². The molecule has 1 aromatic carbocycles. The summed E-state index contributed by atoms with van der Waals surface area (Å²) in [4.78, 5) is 0. The quantitative estimate of drug-likeness (QED) is 0.593. The van der Waals surface area contributed by atoms with Crippen molar-refractivity contribution in [3.05, 3.63) is 59.4 Å². The molecule has 1 atom stereocenters. The van der Waals surface area contributed by atoms with Crippen molar-refractivity contribution in [2.75, 3.05) is 0 Å². The molecule has 3 rings (SSSR count). The average Bonchev–Trinajstić information content (AvgIpc) is 2.98. The van der Waals surface area contributed by atoms with Gasteiger partial charge in [-0.25, -0.2) is 0 Å². The van der Waals surface area contributed by atoms with Crippen molar-refractivity contribution in [1.82, 2.24) is 0 Å². The minimum absolute atomic E-state index is 0.130. The molecule has 0 amide bonds. The molecule has 2 aromatic heterocycles. The summed E-state index contributed by atoms with van der Waals surface area (Å²) in [5, 5.41) is 3.22. The van der Waals surface area contributed by atoms with Gasteiger partial charge in [0.15, 0.2) is 0 Å². The molecular weight excluding hydrogens is 240 g/mol. The fraction of sp³-hybridized carbons (Fsp3) is 0.0769. The van der Waals surface area contributed by atoms with Gasteiger partial charge in [-0.15, -0.1) is 22.9 Å². The van der Waals surface area contributed by atoms with Crippen LogP contribution in [-0.4, -0.2) is 0 Å². The summed E-state index contributed by atoms with van der Waals surface area (Å²) in [6, 6.07) is 10.2. The van der Waals surface area contributed by atoms with Gasteiger partial charge in [-0.2, -0.15) is 0 Å². The van der Waals surface area contributed by atoms with E-state index in [4.69, 9.17) is 16.0 Å². The van der Waals surface area contributed by atoms with Gasteiger partial charge in [0.25, 0.3) is 0 Å². The highest BCUT2D eigenvalue weighted by molar-refractivity contribution is 7.17. The summed E-state index contributed by atoms with van der Waals surface area (Å²) >= 11 is 8.16. The van der Waals surface area contributed by atoms with E-state index < -0.39 is 0 Å². The van der Waals surface area contributed by atoms with E-state index in [1.54, 1.807) is 23.9 Å². The largest absolute Gasteiger partial charge is 0.472 e. The number of furan rings is 1. The Bertz CT molecular complexity index is 597. The highest BCUT2D eigenvalue weighted by atomic mass is 35.5. The predicted molar refractivity (Wildman–Crippen MR) is 68.2 cm³/mol. The van der Waals surface area contributed by atoms with E-state index in [2.05, 4.69) is 17.5 Å². The standard InChI is InChI=1S/C13H9ClOS/c14-13(9-5-6-15-7-9)11-8-16-12-4-2-1-3-10(11)12/h1-8,13H. The van der Waals surface area contributed by atoms with E-state index in [0.29, 0.717) is 0 Å². The van der Waals surface area contributed by atoms with Gasteiger partial charge >= 0.3 is 0 Å². The zero-order valence-electron chi connectivity index (χ0n) is 8.39. The van der Waals surface area contributed by atoms with Crippen LogP contribution in [-0.2, 0) is 0 Å². The van der Waals surface area contributed by atoms with E-state index in [9.17, 15) is 0 Å². The topological polar surface area (TPSA) is 13.1 Å². The van der Waals surface area contributed by atoms with Crippen molar-refractivity contribution < 1.29 is 4.42 Å². The number of benzene rings is 1. The van der Waals surface area contributed by atoms with Crippen LogP contribution in [0.5, 0.6) is 0 Å². The molecular formula is C13H9ClOS. The maximum Gasteiger partial charge on any atom is 0.0952 e. The van der Waals surface area contributed by atoms with Crippen LogP contribution in [0.15, 0.2) is 52.7 Å². The molecule has 0 aliphatic heterocycles. The van der Waals surface area contributed by atoms with Crippen LogP contribution in [0.25, 0.3) is 10.1 Å². The summed E-state index contributed by atoms with van der Waals surface area (Å²) in [6.07, 6.45) is 3.35. The van der Waals surface area contributed by atoms with Gasteiger partial charge in [0, 0.05) is 10.3 Å². The maximum absolute atomic E-state index is 6.44. The molecule has 0 saturated heterocycles. The number of alkyl halides is 1. The smallest absolute Gasteiger partial charge is 0.0952 e. The average molecular weight is 249 g/mol. The van der Waals surface area contributed by atoms with Crippen molar-refractivity contribution in [1.29, 1.82) is 0 Å². The molecule has 3 heteroatoms. The predicted octanol–water partition coefficient (Wildman–Crippen LogP) is 4.82. The SMILES string of the molecule is ClC(c1ccoc1)c1csc2ccccc12. The number of hydrogen-bond donors (Lipinski definition) is 0. The van der Waals surface area contributed by atoms with Crippen LogP contribution in [0.1, 0.15) is 16.5 Å². The minimum atomic E-state index is -0.130. The van der Waals surface area contributed by atoms with Crippen molar-refractivity contribution in [3.8, 4) is 0 Å². The molecule has 1 unspecified atom stereocenters. The van der Waals surface area contributed by atoms with Gasteiger partial charge in [0.2, 0.25) is 0 Å². The third kappa shape index (κ3) is 1.55. The molecule has 0 N–H and O–H groups in total. The molecule has 0 aliphatic rings. The maximum atomic E-state index is 6.44. The van der Waals surface area contributed by atoms with Crippen LogP contribution >= 0.6 is 22.9 Å². The van der Waals surface area contributed by atoms with E-state index in [1.165, 1.54) is 10.1 Å². The van der Waals surface area contributed by atoms with Gasteiger partial charge in [0.1, 0.15) is 0 Å². The first-order chi connectivity index (χ1) is 7.86. The Morgan fingerprint density at radius 1 is 1.19 bits per heavy atom. The number of thiophene rings is 1. The lowest BCUT2D eigenvalue weighted by Crippen LogP contribution is -1.88. The lowest BCUT2D eigenvalue weighted by molar-refractivity contribution is 0.564. The van der Waals surface area contributed by atoms with Crippen LogP contribution < -0.4 is 0 Å². The molecule has 0 spiro atoms. The van der Waals surface area contributed by atoms with Crippen molar-refractivity contribution >= 4 is 33.0 Å². The third-order valence-electron chi connectivity index (χ3n) is 2.62. The Balaban J connectivity index is 2.12. The van der Waals surface area contributed by atoms with Gasteiger partial charge in [0.05, 0.1) is 17.9 Å². The highest BCUT2D eigenvalue weighted by Gasteiger charge is 2.15. The molecule has 0 saturated carbocycles. The Hall–Kier alpha value is -1.25. The molecule has 80 valence electrons. The fourth-order valence-corrected chi connectivity index (χ4v) is 3.16. The third-order valence-corrected chi connectivity index (χ3v) is 4.09. The second-order valence-corrected chi connectivity index (χ2v) is 4.95. The molecule has 0 bridgehead atoms. The summed E-state index contributed by atoms with van der Waals surface area (Å²) < 4.78 is 6.33. The number of hydrogen-bond acceptors (Lipinski definition) is 2. The monoisotopic (exact) mass is 248 g/mol. The minimum Gasteiger partial charge on any atom is -0.472 e. The Labute approximate surface area is 102 Å². The van der Waals surface area contributed by atoms with E-state index in [1.807, 2.05) is 18.2 Å². The van der Waals surface area contributed by atoms with Gasteiger partial charge in [-0.3, -0.25) is 0 Å². The zero-order valence-corrected chi connectivity index (χ0v) is 9.96. The molecule has 0 fully saturated rings. The van der Waals surface area contributed by atoms with Crippen molar-refractivity contribution in [3.63, 3.8) is 0 Å². The number of halogens is 1. The van der Waals surface area contributed by atoms with E-state index in [-0.39, 0.29) is 5.38 Å². The molecule has 1 nitrogen and oxygen atoms in total. The molecule has 0 radical (unpaired) electrons. The lowest BCUT2D eigenvalue weighted by Gasteiger charge is -2.05. The van der Waals surface area contributed by atoms with Gasteiger partial charge in [-0.1, -0.05) is 18.2 Å². The van der Waals surface area contributed by atoms with Crippen LogP contribution in [0.2, 0.25) is 0 Å². The highest BCUT2D eigenvalue weighted by Crippen LogP contribution is 2.37. The van der Waals surface area contributed by atoms with Crippen LogP contribution in [0, 0.1) is 0 Å². The second-order valence-electron chi connectivity index (χ2n) is 3.61. The fourth-order valence-electron chi connectivity index (χ4n) is 1.79. The summed E-state index contributed by atoms with van der Waals surface area (Å²) in [6.45, 7) is 0. The summed E-state index contributed by atoms with van der Waals surface area (Å²) in [5.74, 6) is 0. The zero-order chi connectivity index (χ0) is 11.0. The van der Waals surface area contributed by atoms with E-state index in [0.717, 1.165) is 11.1 Å². The van der Waals surface area contributed by atoms with Crippen LogP contribution in [0.3, 0.4) is 0 Å². The van der Waals surface area contributed by atoms with Gasteiger partial charge in [-0.05, 0) is 28.5 Å². The molecule has 2 heterocycles. The first-order valence-corrected chi connectivity index (χ1v) is 6.30. The first-order valence-electron chi connectivity index (χ1n) is 4.98. The van der Waals surface area contributed by atoms with Crippen LogP contribution in [0.4, 0.5) is 0 Å². The number of rotatable bonds is 2. The van der Waals surface area contributed by atoms with E-state index >= 15 is 0 Å². The summed E-state index contributed by atoms with van der Waals surface area (Å²) in [7, 11) is 0. The lowest BCUT2D eigenvalue weighted by atomic mass is 10.1. The summed E-state index contributed by atoms with van der Waals surface area (Å²) in [5.41, 5.74) is 2.16. The Morgan fingerprint density at radius 3 is 2.88 bits per heavy atom. The Kier molecular flexibility index (Phi) is 2.46. The normalized spacial score (nSPS) is 13.1. The Morgan fingerprint density at radius 2 is 2.06 bits per heavy atom. The molecule has 16 heavy (non-hydrogen) atoms. The van der Waals surface area contributed by atoms with Crippen molar-refractivity contribution in [2.45, 2.75) is 5.38 Å². The second kappa shape index (κ2) is 3.96. The molecule has 0 aliphatic carbocycles. The molecule has 3 aromatic rings. The number of fused-ring (bicyclic) bond motifs is 1. The first kappa shape index (κ1) is 9.94.